The molecule has 36 heteroatoms. The second kappa shape index (κ2) is 30.3. The molecule has 4 amide bonds. The molecule has 0 spiro atoms. The number of carbonyl (C=O) groups excluding carboxylic acids is 5. The van der Waals surface area contributed by atoms with Crippen molar-refractivity contribution in [2.75, 3.05) is 45.3 Å². The topological polar surface area (TPSA) is 607 Å². The standard InChI is InChI=1S/C52H78N12O24/c1-18(20-5-3-2-4-6-20)30(54)45(81)60-23(10-19-7-8-26(22(53)9-19)85-49-42(79)39(76)43(29(17-69)87-49)88-50-41(78)38(75)36(73)28(16-68)86-50)44(80)62-31(33(70)24-11-57-51(55)61-24)47(83)63-32(46(82)59-21(13-65)14-66)34(71)25-12-58-52(56)64(25)48-40(77)37(74)35(72)27(15-67)84-48/h2-9,13,18,21,23-25,27-43,48-50,66-79H,10-12,14-17,53-54H2,1H3,(H2,56,58)(H,59,82)(H,60,81)(H,62,80)(H,63,83)(H3,55,57,61). The number of aldehydes is 1. The van der Waals surface area contributed by atoms with Crippen LogP contribution in [0.2, 0.25) is 0 Å². The third-order valence-corrected chi connectivity index (χ3v) is 15.9. The summed E-state index contributed by atoms with van der Waals surface area (Å²) in [6, 6.07) is 0.306. The Hall–Kier alpha value is -6.63. The first kappa shape index (κ1) is 68.9. The predicted octanol–water partition coefficient (Wildman–Crippen LogP) is -13.1. The smallest absolute Gasteiger partial charge is 0.246 e. The molecule has 25 atom stereocenters. The van der Waals surface area contributed by atoms with E-state index in [1.165, 1.54) is 18.2 Å². The van der Waals surface area contributed by atoms with Crippen molar-refractivity contribution < 1.29 is 119 Å². The van der Waals surface area contributed by atoms with E-state index in [9.17, 15) is 95.5 Å². The van der Waals surface area contributed by atoms with E-state index >= 15 is 0 Å². The predicted molar refractivity (Wildman–Crippen MR) is 297 cm³/mol. The molecule has 3 fully saturated rings. The number of aliphatic hydroxyl groups is 14. The highest BCUT2D eigenvalue weighted by atomic mass is 16.7. The van der Waals surface area contributed by atoms with E-state index in [-0.39, 0.29) is 35.8 Å². The van der Waals surface area contributed by atoms with Crippen molar-refractivity contribution in [3.05, 3.63) is 59.7 Å². The number of aliphatic hydroxyl groups excluding tert-OH is 14. The van der Waals surface area contributed by atoms with Crippen LogP contribution in [0, 0.1) is 0 Å². The molecule has 5 aliphatic rings. The fourth-order valence-corrected chi connectivity index (χ4v) is 10.6. The minimum Gasteiger partial charge on any atom is -0.460 e. The molecular weight excluding hydrogens is 1180 g/mol. The summed E-state index contributed by atoms with van der Waals surface area (Å²) in [5.74, 6) is -6.49. The third-order valence-electron chi connectivity index (χ3n) is 15.9. The Bertz CT molecular complexity index is 2760. The maximum absolute atomic E-state index is 14.9. The van der Waals surface area contributed by atoms with Crippen LogP contribution in [0.4, 0.5) is 5.69 Å². The van der Waals surface area contributed by atoms with Crippen molar-refractivity contribution in [1.82, 2.24) is 31.5 Å². The van der Waals surface area contributed by atoms with Gasteiger partial charge in [-0.05, 0) is 23.3 Å². The Morgan fingerprint density at radius 1 is 0.693 bits per heavy atom. The molecule has 0 aromatic heterocycles. The van der Waals surface area contributed by atoms with Gasteiger partial charge in [0.05, 0.1) is 63.3 Å². The Labute approximate surface area is 500 Å². The van der Waals surface area contributed by atoms with Gasteiger partial charge >= 0.3 is 0 Å². The number of hydrogen-bond donors (Lipinski definition) is 23. The third kappa shape index (κ3) is 15.3. The maximum atomic E-state index is 14.9. The zero-order chi connectivity index (χ0) is 64.6. The van der Waals surface area contributed by atoms with Crippen LogP contribution in [-0.2, 0) is 49.3 Å². The van der Waals surface area contributed by atoms with Gasteiger partial charge in [-0.3, -0.25) is 29.2 Å². The van der Waals surface area contributed by atoms with Crippen LogP contribution in [0.25, 0.3) is 0 Å². The van der Waals surface area contributed by atoms with Crippen LogP contribution in [0.3, 0.4) is 0 Å². The molecule has 25 unspecified atom stereocenters. The van der Waals surface area contributed by atoms with Gasteiger partial charge in [0.1, 0.15) is 122 Å². The fourth-order valence-electron chi connectivity index (χ4n) is 10.6. The quantitative estimate of drug-likeness (QED) is 0.0307. The number of nitrogens with two attached hydrogens (primary N) is 4. The lowest BCUT2D eigenvalue weighted by molar-refractivity contribution is -0.352. The van der Waals surface area contributed by atoms with Crippen molar-refractivity contribution in [2.45, 2.75) is 166 Å². The van der Waals surface area contributed by atoms with Crippen LogP contribution < -0.4 is 54.3 Å². The van der Waals surface area contributed by atoms with Gasteiger partial charge in [-0.2, -0.15) is 0 Å². The molecule has 0 saturated carbocycles. The molecule has 0 radical (unpaired) electrons. The zero-order valence-corrected chi connectivity index (χ0v) is 47.1. The average Bonchev–Trinajstić information content (AvgIpc) is 1.66. The fraction of sp³-hybridized carbons (Fsp3) is 0.635. The molecule has 36 nitrogen and oxygen atoms in total. The van der Waals surface area contributed by atoms with Crippen LogP contribution in [0.5, 0.6) is 5.75 Å². The largest absolute Gasteiger partial charge is 0.460 e. The summed E-state index contributed by atoms with van der Waals surface area (Å²) in [7, 11) is 0. The molecule has 5 aliphatic heterocycles. The Morgan fingerprint density at radius 3 is 1.89 bits per heavy atom. The van der Waals surface area contributed by atoms with Gasteiger partial charge in [0.15, 0.2) is 24.4 Å². The highest BCUT2D eigenvalue weighted by molar-refractivity contribution is 5.96. The molecule has 0 aliphatic carbocycles. The lowest BCUT2D eigenvalue weighted by Gasteiger charge is -2.46. The lowest BCUT2D eigenvalue weighted by atomic mass is 9.93. The Kier molecular flexibility index (Phi) is 23.7. The number of nitrogens with one attached hydrogen (secondary N) is 5. The van der Waals surface area contributed by atoms with Crippen LogP contribution in [-0.4, -0.2) is 304 Å². The highest BCUT2D eigenvalue weighted by Crippen LogP contribution is 2.34. The molecule has 490 valence electrons. The van der Waals surface area contributed by atoms with E-state index in [0.29, 0.717) is 5.56 Å². The lowest BCUT2D eigenvalue weighted by Crippen LogP contribution is -2.70. The molecule has 2 aromatic rings. The second-order valence-electron chi connectivity index (χ2n) is 21.7. The zero-order valence-electron chi connectivity index (χ0n) is 47.1. The van der Waals surface area contributed by atoms with Crippen LogP contribution in [0.1, 0.15) is 24.0 Å². The summed E-state index contributed by atoms with van der Waals surface area (Å²) >= 11 is 0. The van der Waals surface area contributed by atoms with Gasteiger partial charge in [-0.15, -0.1) is 0 Å². The number of aliphatic imine (C=N–C) groups is 2. The number of ether oxygens (including phenoxy) is 5. The first-order valence-corrected chi connectivity index (χ1v) is 27.8. The summed E-state index contributed by atoms with van der Waals surface area (Å²) in [4.78, 5) is 79.0. The molecular formula is C52H78N12O24. The van der Waals surface area contributed by atoms with Gasteiger partial charge in [-0.1, -0.05) is 43.3 Å². The first-order valence-electron chi connectivity index (χ1n) is 27.8. The molecule has 2 aromatic carbocycles. The van der Waals surface area contributed by atoms with Gasteiger partial charge in [0.2, 0.25) is 29.9 Å². The van der Waals surface area contributed by atoms with E-state index in [4.69, 9.17) is 46.6 Å². The number of rotatable bonds is 26. The Balaban J connectivity index is 1.16. The van der Waals surface area contributed by atoms with E-state index in [0.717, 1.165) is 4.90 Å². The summed E-state index contributed by atoms with van der Waals surface area (Å²) in [6.07, 6.45) is -31.6. The van der Waals surface area contributed by atoms with Crippen molar-refractivity contribution in [3.8, 4) is 5.75 Å². The number of carbonyl (C=O) groups is 5. The van der Waals surface area contributed by atoms with E-state index in [1.807, 2.05) is 0 Å². The SMILES string of the molecule is CC(c1ccccc1)C(N)C(=O)NC(Cc1ccc(OC2OC(CO)C(OC3OC(CO)C(O)C(O)C3O)C(O)C2O)c(N)c1)C(=O)NC(C(=O)NC(C(=O)NC(C=O)CO)C(O)C1CN=C(N)N1C1OC(CO)C(O)C(O)C1O)C(O)C1CN=C(N)N1. The van der Waals surface area contributed by atoms with Crippen molar-refractivity contribution >= 4 is 47.5 Å². The molecule has 88 heavy (non-hydrogen) atoms. The average molecular weight is 1260 g/mol. The first-order chi connectivity index (χ1) is 41.8. The molecule has 0 bridgehead atoms. The molecule has 5 heterocycles. The van der Waals surface area contributed by atoms with Crippen molar-refractivity contribution in [2.24, 2.45) is 27.2 Å². The van der Waals surface area contributed by atoms with Crippen LogP contribution >= 0.6 is 0 Å². The monoisotopic (exact) mass is 1250 g/mol. The molecule has 27 N–H and O–H groups in total. The van der Waals surface area contributed by atoms with Gasteiger partial charge in [-0.25, -0.2) is 0 Å². The van der Waals surface area contributed by atoms with Crippen molar-refractivity contribution in [1.29, 1.82) is 0 Å². The Morgan fingerprint density at radius 2 is 1.28 bits per heavy atom. The van der Waals surface area contributed by atoms with Crippen molar-refractivity contribution in [3.63, 3.8) is 0 Å². The summed E-state index contributed by atoms with van der Waals surface area (Å²) in [5, 5.41) is 161. The number of hydrogen-bond acceptors (Lipinski definition) is 32. The summed E-state index contributed by atoms with van der Waals surface area (Å²) < 4.78 is 28.2. The number of guanidine groups is 2. The number of amides is 4. The molecule has 7 rings (SSSR count). The van der Waals surface area contributed by atoms with Gasteiger partial charge in [0, 0.05) is 12.3 Å². The highest BCUT2D eigenvalue weighted by Gasteiger charge is 2.54. The van der Waals surface area contributed by atoms with Gasteiger partial charge < -0.3 is 154 Å². The second-order valence-corrected chi connectivity index (χ2v) is 21.7. The number of nitrogens with zero attached hydrogens (tertiary/aromatic N) is 3. The molecule has 3 saturated heterocycles. The number of benzene rings is 2. The van der Waals surface area contributed by atoms with E-state index in [1.54, 1.807) is 37.3 Å². The number of anilines is 1. The minimum atomic E-state index is -2.27. The minimum absolute atomic E-state index is 0.123. The van der Waals surface area contributed by atoms with E-state index in [2.05, 4.69) is 36.6 Å². The summed E-state index contributed by atoms with van der Waals surface area (Å²) in [5.41, 5.74) is 25.5. The van der Waals surface area contributed by atoms with E-state index < -0.39 is 221 Å². The summed E-state index contributed by atoms with van der Waals surface area (Å²) in [6.45, 7) is -2.77. The van der Waals surface area contributed by atoms with Gasteiger partial charge in [0.25, 0.3) is 0 Å². The maximum Gasteiger partial charge on any atom is 0.246 e. The normalized spacial score (nSPS) is 33.4. The number of nitrogen functional groups attached to an aromatic ring is 1. The van der Waals surface area contributed by atoms with Crippen LogP contribution in [0.15, 0.2) is 58.5 Å².